The maximum Gasteiger partial charge on any atom is 0.407 e. The zero-order valence-corrected chi connectivity index (χ0v) is 8.79. The zero-order valence-electron chi connectivity index (χ0n) is 8.79. The molecule has 0 saturated carbocycles. The van der Waals surface area contributed by atoms with E-state index in [1.54, 1.807) is 0 Å². The smallest absolute Gasteiger partial charge is 0.407 e. The van der Waals surface area contributed by atoms with E-state index in [1.165, 1.54) is 0 Å². The van der Waals surface area contributed by atoms with Gasteiger partial charge in [0.15, 0.2) is 0 Å². The van der Waals surface area contributed by atoms with Gasteiger partial charge in [-0.2, -0.15) is 0 Å². The molecule has 0 bridgehead atoms. The number of hydrogen-bond acceptors (Lipinski definition) is 2. The van der Waals surface area contributed by atoms with Crippen molar-refractivity contribution in [3.05, 3.63) is 12.2 Å². The number of allylic oxidation sites excluding steroid dienone is 2. The monoisotopic (exact) mass is 197 g/mol. The van der Waals surface area contributed by atoms with Crippen LogP contribution in [0.5, 0.6) is 0 Å². The SMILES string of the molecule is CCOC(=O)NC1CC/C=C\CCC1. The highest BCUT2D eigenvalue weighted by atomic mass is 16.5. The quantitative estimate of drug-likeness (QED) is 0.691. The molecule has 0 saturated heterocycles. The Labute approximate surface area is 85.5 Å². The van der Waals surface area contributed by atoms with Gasteiger partial charge in [0, 0.05) is 6.04 Å². The fourth-order valence-electron chi connectivity index (χ4n) is 1.64. The minimum Gasteiger partial charge on any atom is -0.450 e. The molecule has 0 radical (unpaired) electrons. The van der Waals surface area contributed by atoms with Crippen LogP contribution in [0.25, 0.3) is 0 Å². The lowest BCUT2D eigenvalue weighted by molar-refractivity contribution is 0.146. The highest BCUT2D eigenvalue weighted by Gasteiger charge is 2.12. The molecule has 1 amide bonds. The molecule has 1 N–H and O–H groups in total. The number of nitrogens with one attached hydrogen (secondary N) is 1. The normalized spacial score (nSPS) is 24.5. The van der Waals surface area contributed by atoms with Crippen LogP contribution in [-0.4, -0.2) is 18.7 Å². The van der Waals surface area contributed by atoms with E-state index < -0.39 is 0 Å². The van der Waals surface area contributed by atoms with E-state index in [2.05, 4.69) is 17.5 Å². The van der Waals surface area contributed by atoms with E-state index >= 15 is 0 Å². The van der Waals surface area contributed by atoms with E-state index in [-0.39, 0.29) is 6.09 Å². The third kappa shape index (κ3) is 4.30. The van der Waals surface area contributed by atoms with Crippen LogP contribution in [0.2, 0.25) is 0 Å². The minimum absolute atomic E-state index is 0.276. The average molecular weight is 197 g/mol. The Morgan fingerprint density at radius 1 is 1.43 bits per heavy atom. The summed E-state index contributed by atoms with van der Waals surface area (Å²) >= 11 is 0. The third-order valence-electron chi connectivity index (χ3n) is 2.37. The number of hydrogen-bond donors (Lipinski definition) is 1. The number of rotatable bonds is 2. The van der Waals surface area contributed by atoms with Gasteiger partial charge in [-0.25, -0.2) is 4.79 Å². The van der Waals surface area contributed by atoms with E-state index in [0.29, 0.717) is 12.6 Å². The molecule has 1 aliphatic carbocycles. The number of alkyl carbamates (subject to hydrolysis) is 1. The van der Waals surface area contributed by atoms with Crippen molar-refractivity contribution in [1.82, 2.24) is 5.32 Å². The molecule has 3 heteroatoms. The van der Waals surface area contributed by atoms with Crippen LogP contribution in [0.15, 0.2) is 12.2 Å². The Morgan fingerprint density at radius 3 is 3.00 bits per heavy atom. The number of amides is 1. The summed E-state index contributed by atoms with van der Waals surface area (Å²) in [6, 6.07) is 0.291. The highest BCUT2D eigenvalue weighted by molar-refractivity contribution is 5.67. The Bertz CT molecular complexity index is 201. The first-order chi connectivity index (χ1) is 6.83. The van der Waals surface area contributed by atoms with Gasteiger partial charge in [0.1, 0.15) is 0 Å². The maximum absolute atomic E-state index is 11.2. The summed E-state index contributed by atoms with van der Waals surface area (Å²) in [7, 11) is 0. The molecule has 1 aliphatic rings. The minimum atomic E-state index is -0.276. The molecule has 14 heavy (non-hydrogen) atoms. The van der Waals surface area contributed by atoms with Gasteiger partial charge in [-0.3, -0.25) is 0 Å². The molecule has 1 atom stereocenters. The van der Waals surface area contributed by atoms with Crippen molar-refractivity contribution in [2.24, 2.45) is 0 Å². The van der Waals surface area contributed by atoms with E-state index in [1.807, 2.05) is 6.92 Å². The van der Waals surface area contributed by atoms with E-state index in [9.17, 15) is 4.79 Å². The third-order valence-corrected chi connectivity index (χ3v) is 2.37. The fraction of sp³-hybridized carbons (Fsp3) is 0.727. The Hall–Kier alpha value is -0.990. The van der Waals surface area contributed by atoms with Crippen LogP contribution >= 0.6 is 0 Å². The average Bonchev–Trinajstić information content (AvgIpc) is 2.10. The van der Waals surface area contributed by atoms with Crippen molar-refractivity contribution >= 4 is 6.09 Å². The second-order valence-corrected chi connectivity index (χ2v) is 3.54. The molecular weight excluding hydrogens is 178 g/mol. The fourth-order valence-corrected chi connectivity index (χ4v) is 1.64. The van der Waals surface area contributed by atoms with Gasteiger partial charge in [-0.05, 0) is 39.0 Å². The summed E-state index contributed by atoms with van der Waals surface area (Å²) in [5.41, 5.74) is 0. The molecule has 1 unspecified atom stereocenters. The van der Waals surface area contributed by atoms with E-state index in [4.69, 9.17) is 4.74 Å². The largest absolute Gasteiger partial charge is 0.450 e. The summed E-state index contributed by atoms with van der Waals surface area (Å²) in [6.45, 7) is 2.26. The van der Waals surface area contributed by atoms with Gasteiger partial charge in [0.05, 0.1) is 6.61 Å². The van der Waals surface area contributed by atoms with Gasteiger partial charge in [0.25, 0.3) is 0 Å². The molecule has 3 nitrogen and oxygen atoms in total. The van der Waals surface area contributed by atoms with Gasteiger partial charge in [0.2, 0.25) is 0 Å². The Kier molecular flexibility index (Phi) is 5.12. The topological polar surface area (TPSA) is 38.3 Å². The van der Waals surface area contributed by atoms with Gasteiger partial charge in [-0.1, -0.05) is 12.2 Å². The number of ether oxygens (including phenoxy) is 1. The molecule has 0 aliphatic heterocycles. The van der Waals surface area contributed by atoms with E-state index in [0.717, 1.165) is 32.1 Å². The number of carbonyl (C=O) groups excluding carboxylic acids is 1. The Balaban J connectivity index is 2.27. The lowest BCUT2D eigenvalue weighted by Crippen LogP contribution is -2.35. The van der Waals surface area contributed by atoms with Crippen molar-refractivity contribution in [3.8, 4) is 0 Å². The molecule has 80 valence electrons. The second kappa shape index (κ2) is 6.46. The van der Waals surface area contributed by atoms with Crippen LogP contribution in [0.3, 0.4) is 0 Å². The maximum atomic E-state index is 11.2. The van der Waals surface area contributed by atoms with Crippen LogP contribution in [-0.2, 0) is 4.74 Å². The summed E-state index contributed by atoms with van der Waals surface area (Å²) in [5.74, 6) is 0. The number of carbonyl (C=O) groups is 1. The summed E-state index contributed by atoms with van der Waals surface area (Å²) in [4.78, 5) is 11.2. The van der Waals surface area contributed by atoms with Crippen molar-refractivity contribution in [1.29, 1.82) is 0 Å². The molecule has 0 fully saturated rings. The van der Waals surface area contributed by atoms with Crippen molar-refractivity contribution in [2.75, 3.05) is 6.61 Å². The van der Waals surface area contributed by atoms with Crippen molar-refractivity contribution < 1.29 is 9.53 Å². The molecule has 1 rings (SSSR count). The molecule has 0 aromatic rings. The first-order valence-electron chi connectivity index (χ1n) is 5.41. The molecule has 0 heterocycles. The Morgan fingerprint density at radius 2 is 2.21 bits per heavy atom. The summed E-state index contributed by atoms with van der Waals surface area (Å²) in [5, 5.41) is 2.89. The zero-order chi connectivity index (χ0) is 10.2. The van der Waals surface area contributed by atoms with Gasteiger partial charge < -0.3 is 10.1 Å². The lowest BCUT2D eigenvalue weighted by atomic mass is 10.0. The predicted molar refractivity (Wildman–Crippen MR) is 56.2 cm³/mol. The van der Waals surface area contributed by atoms with Crippen LogP contribution < -0.4 is 5.32 Å². The lowest BCUT2D eigenvalue weighted by Gasteiger charge is -2.18. The molecule has 0 aromatic heterocycles. The summed E-state index contributed by atoms with van der Waals surface area (Å²) in [6.07, 6.45) is 9.55. The standard InChI is InChI=1S/C11H19NO2/c1-2-14-11(13)12-10-8-6-4-3-5-7-9-10/h3-4,10H,2,5-9H2,1H3,(H,12,13)/b4-3-. The molecule has 0 spiro atoms. The second-order valence-electron chi connectivity index (χ2n) is 3.54. The van der Waals surface area contributed by atoms with Crippen LogP contribution in [0, 0.1) is 0 Å². The van der Waals surface area contributed by atoms with Crippen molar-refractivity contribution in [3.63, 3.8) is 0 Å². The predicted octanol–water partition coefficient (Wildman–Crippen LogP) is 2.62. The van der Waals surface area contributed by atoms with Gasteiger partial charge in [-0.15, -0.1) is 0 Å². The molecular formula is C11H19NO2. The first kappa shape index (κ1) is 11.1. The van der Waals surface area contributed by atoms with Crippen LogP contribution in [0.1, 0.15) is 39.0 Å². The first-order valence-corrected chi connectivity index (χ1v) is 5.41. The summed E-state index contributed by atoms with van der Waals surface area (Å²) < 4.78 is 4.85. The molecule has 0 aromatic carbocycles. The van der Waals surface area contributed by atoms with Gasteiger partial charge >= 0.3 is 6.09 Å². The van der Waals surface area contributed by atoms with Crippen molar-refractivity contribution in [2.45, 2.75) is 45.1 Å². The highest BCUT2D eigenvalue weighted by Crippen LogP contribution is 2.12. The van der Waals surface area contributed by atoms with Crippen LogP contribution in [0.4, 0.5) is 4.79 Å².